The molecule has 0 aliphatic heterocycles. The summed E-state index contributed by atoms with van der Waals surface area (Å²) >= 11 is 0. The molecular weight excluding hydrogens is 226 g/mol. The van der Waals surface area contributed by atoms with Gasteiger partial charge in [0.1, 0.15) is 5.75 Å². The maximum atomic E-state index is 5.60. The highest BCUT2D eigenvalue weighted by Crippen LogP contribution is 2.30. The van der Waals surface area contributed by atoms with E-state index in [-0.39, 0.29) is 11.6 Å². The third kappa shape index (κ3) is 3.72. The molecule has 3 heteroatoms. The fourth-order valence-electron chi connectivity index (χ4n) is 2.04. The summed E-state index contributed by atoms with van der Waals surface area (Å²) in [7, 11) is 1.75. The van der Waals surface area contributed by atoms with Crippen LogP contribution >= 0.6 is 0 Å². The van der Waals surface area contributed by atoms with E-state index in [1.165, 1.54) is 5.56 Å². The number of rotatable bonds is 7. The van der Waals surface area contributed by atoms with E-state index in [1.807, 2.05) is 19.1 Å². The van der Waals surface area contributed by atoms with Gasteiger partial charge in [-0.15, -0.1) is 0 Å². The van der Waals surface area contributed by atoms with Gasteiger partial charge in [-0.3, -0.25) is 0 Å². The van der Waals surface area contributed by atoms with Crippen LogP contribution in [0.5, 0.6) is 5.75 Å². The lowest BCUT2D eigenvalue weighted by Crippen LogP contribution is -2.40. The van der Waals surface area contributed by atoms with Crippen molar-refractivity contribution in [3.63, 3.8) is 0 Å². The first-order chi connectivity index (χ1) is 8.55. The van der Waals surface area contributed by atoms with Crippen molar-refractivity contribution < 1.29 is 9.47 Å². The molecule has 1 aromatic carbocycles. The van der Waals surface area contributed by atoms with Gasteiger partial charge < -0.3 is 14.8 Å². The normalized spacial score (nSPS) is 13.4. The van der Waals surface area contributed by atoms with Crippen LogP contribution in [-0.2, 0) is 4.74 Å². The third-order valence-electron chi connectivity index (χ3n) is 3.13. The molecule has 1 unspecified atom stereocenters. The topological polar surface area (TPSA) is 30.5 Å². The highest BCUT2D eigenvalue weighted by Gasteiger charge is 2.30. The first-order valence-corrected chi connectivity index (χ1v) is 6.56. The highest BCUT2D eigenvalue weighted by atomic mass is 16.5. The minimum absolute atomic E-state index is 0.146. The van der Waals surface area contributed by atoms with E-state index in [0.29, 0.717) is 6.61 Å². The Kier molecular flexibility index (Phi) is 5.63. The van der Waals surface area contributed by atoms with Gasteiger partial charge in [0.05, 0.1) is 18.2 Å². The smallest absolute Gasteiger partial charge is 0.119 e. The SMILES string of the molecule is CCNC(c1cccc(OCC)c1)C(C)(C)OC. The first kappa shape index (κ1) is 15.0. The minimum Gasteiger partial charge on any atom is -0.494 e. The molecule has 102 valence electrons. The Hall–Kier alpha value is -1.06. The number of benzene rings is 1. The second-order valence-corrected chi connectivity index (χ2v) is 4.80. The van der Waals surface area contributed by atoms with E-state index in [1.54, 1.807) is 7.11 Å². The van der Waals surface area contributed by atoms with Gasteiger partial charge in [-0.25, -0.2) is 0 Å². The van der Waals surface area contributed by atoms with E-state index in [9.17, 15) is 0 Å². The third-order valence-corrected chi connectivity index (χ3v) is 3.13. The number of methoxy groups -OCH3 is 1. The van der Waals surface area contributed by atoms with Crippen molar-refractivity contribution in [1.82, 2.24) is 5.32 Å². The number of hydrogen-bond donors (Lipinski definition) is 1. The molecular formula is C15H25NO2. The van der Waals surface area contributed by atoms with Crippen molar-refractivity contribution in [3.8, 4) is 5.75 Å². The van der Waals surface area contributed by atoms with Gasteiger partial charge in [0, 0.05) is 7.11 Å². The van der Waals surface area contributed by atoms with Crippen LogP contribution < -0.4 is 10.1 Å². The van der Waals surface area contributed by atoms with Gasteiger partial charge in [0.2, 0.25) is 0 Å². The van der Waals surface area contributed by atoms with Gasteiger partial charge in [-0.2, -0.15) is 0 Å². The van der Waals surface area contributed by atoms with Crippen molar-refractivity contribution >= 4 is 0 Å². The van der Waals surface area contributed by atoms with Crippen LogP contribution in [0.25, 0.3) is 0 Å². The average Bonchev–Trinajstić information content (AvgIpc) is 2.36. The predicted molar refractivity (Wildman–Crippen MR) is 75.1 cm³/mol. The molecule has 0 amide bonds. The van der Waals surface area contributed by atoms with Crippen molar-refractivity contribution in [3.05, 3.63) is 29.8 Å². The molecule has 1 N–H and O–H groups in total. The number of ether oxygens (including phenoxy) is 2. The van der Waals surface area contributed by atoms with Crippen LogP contribution in [0.15, 0.2) is 24.3 Å². The largest absolute Gasteiger partial charge is 0.494 e. The Labute approximate surface area is 110 Å². The highest BCUT2D eigenvalue weighted by molar-refractivity contribution is 5.32. The van der Waals surface area contributed by atoms with E-state index in [0.717, 1.165) is 12.3 Å². The zero-order chi connectivity index (χ0) is 13.6. The summed E-state index contributed by atoms with van der Waals surface area (Å²) in [6.07, 6.45) is 0. The van der Waals surface area contributed by atoms with E-state index >= 15 is 0 Å². The molecule has 0 aliphatic carbocycles. The fourth-order valence-corrected chi connectivity index (χ4v) is 2.04. The van der Waals surface area contributed by atoms with E-state index in [4.69, 9.17) is 9.47 Å². The van der Waals surface area contributed by atoms with E-state index in [2.05, 4.69) is 38.2 Å². The summed E-state index contributed by atoms with van der Waals surface area (Å²) in [5.74, 6) is 0.907. The van der Waals surface area contributed by atoms with Crippen LogP contribution in [0, 0.1) is 0 Å². The standard InChI is InChI=1S/C15H25NO2/c1-6-16-14(15(3,4)17-5)12-9-8-10-13(11-12)18-7-2/h8-11,14,16H,6-7H2,1-5H3. The second-order valence-electron chi connectivity index (χ2n) is 4.80. The maximum Gasteiger partial charge on any atom is 0.119 e. The molecule has 0 spiro atoms. The molecule has 18 heavy (non-hydrogen) atoms. The maximum absolute atomic E-state index is 5.60. The van der Waals surface area contributed by atoms with Gasteiger partial charge in [0.25, 0.3) is 0 Å². The Morgan fingerprint density at radius 2 is 2.00 bits per heavy atom. The van der Waals surface area contributed by atoms with Crippen molar-refractivity contribution in [2.24, 2.45) is 0 Å². The molecule has 1 rings (SSSR count). The van der Waals surface area contributed by atoms with Gasteiger partial charge in [0.15, 0.2) is 0 Å². The average molecular weight is 251 g/mol. The number of nitrogens with one attached hydrogen (secondary N) is 1. The quantitative estimate of drug-likeness (QED) is 0.807. The van der Waals surface area contributed by atoms with Crippen LogP contribution in [0.2, 0.25) is 0 Å². The van der Waals surface area contributed by atoms with Gasteiger partial charge in [-0.1, -0.05) is 19.1 Å². The molecule has 3 nitrogen and oxygen atoms in total. The molecule has 0 heterocycles. The van der Waals surface area contributed by atoms with Gasteiger partial charge >= 0.3 is 0 Å². The Morgan fingerprint density at radius 3 is 2.56 bits per heavy atom. The molecule has 1 atom stereocenters. The van der Waals surface area contributed by atoms with Crippen LogP contribution in [0.1, 0.15) is 39.3 Å². The minimum atomic E-state index is -0.263. The molecule has 1 aromatic rings. The summed E-state index contributed by atoms with van der Waals surface area (Å²) in [4.78, 5) is 0. The molecule has 0 bridgehead atoms. The molecule has 0 saturated heterocycles. The lowest BCUT2D eigenvalue weighted by Gasteiger charge is -2.34. The monoisotopic (exact) mass is 251 g/mol. The summed E-state index contributed by atoms with van der Waals surface area (Å²) in [5, 5.41) is 3.48. The second kappa shape index (κ2) is 6.76. The van der Waals surface area contributed by atoms with Crippen LogP contribution in [-0.4, -0.2) is 25.9 Å². The molecule has 0 saturated carbocycles. The zero-order valence-electron chi connectivity index (χ0n) is 12.1. The first-order valence-electron chi connectivity index (χ1n) is 6.56. The Bertz CT molecular complexity index is 363. The molecule has 0 aromatic heterocycles. The summed E-state index contributed by atoms with van der Waals surface area (Å²) in [5.41, 5.74) is 0.926. The predicted octanol–water partition coefficient (Wildman–Crippen LogP) is 3.16. The Morgan fingerprint density at radius 1 is 1.28 bits per heavy atom. The zero-order valence-corrected chi connectivity index (χ0v) is 12.1. The summed E-state index contributed by atoms with van der Waals surface area (Å²) in [6, 6.07) is 8.34. The molecule has 0 aliphatic rings. The van der Waals surface area contributed by atoms with Crippen molar-refractivity contribution in [2.45, 2.75) is 39.3 Å². The van der Waals surface area contributed by atoms with Crippen LogP contribution in [0.4, 0.5) is 0 Å². The summed E-state index contributed by atoms with van der Waals surface area (Å²) < 4.78 is 11.2. The summed E-state index contributed by atoms with van der Waals surface area (Å²) in [6.45, 7) is 9.86. The van der Waals surface area contributed by atoms with E-state index < -0.39 is 0 Å². The van der Waals surface area contributed by atoms with Crippen molar-refractivity contribution in [1.29, 1.82) is 0 Å². The number of hydrogen-bond acceptors (Lipinski definition) is 3. The Balaban J connectivity index is 3.01. The number of likely N-dealkylation sites (N-methyl/N-ethyl adjacent to an activating group) is 1. The lowest BCUT2D eigenvalue weighted by molar-refractivity contribution is -0.0107. The lowest BCUT2D eigenvalue weighted by atomic mass is 9.91. The van der Waals surface area contributed by atoms with Crippen molar-refractivity contribution in [2.75, 3.05) is 20.3 Å². The molecule has 0 radical (unpaired) electrons. The molecule has 0 fully saturated rings. The fraction of sp³-hybridized carbons (Fsp3) is 0.600. The van der Waals surface area contributed by atoms with Gasteiger partial charge in [-0.05, 0) is 45.0 Å². The van der Waals surface area contributed by atoms with Crippen LogP contribution in [0.3, 0.4) is 0 Å².